The first-order valence-corrected chi connectivity index (χ1v) is 5.44. The number of rotatable bonds is 1. The minimum Gasteiger partial charge on any atom is -0.300 e. The van der Waals surface area contributed by atoms with Gasteiger partial charge in [0.2, 0.25) is 0 Å². The average Bonchev–Trinajstić information content (AvgIpc) is 2.23. The van der Waals surface area contributed by atoms with Crippen molar-refractivity contribution in [1.82, 2.24) is 0 Å². The number of hydrogen-bond acceptors (Lipinski definition) is 1. The third kappa shape index (κ3) is 2.25. The van der Waals surface area contributed by atoms with Crippen molar-refractivity contribution < 1.29 is 9.18 Å². The smallest absolute Gasteiger partial charge is 0.132 e. The fourth-order valence-electron chi connectivity index (χ4n) is 2.30. The molecule has 0 unspecified atom stereocenters. The van der Waals surface area contributed by atoms with E-state index in [4.69, 9.17) is 0 Å². The SMILES string of the molecule is Cc1ccc(F)cc1C1CCC(=O)CC1. The van der Waals surface area contributed by atoms with Gasteiger partial charge in [-0.2, -0.15) is 0 Å². The molecule has 1 aromatic carbocycles. The summed E-state index contributed by atoms with van der Waals surface area (Å²) < 4.78 is 13.1. The zero-order valence-electron chi connectivity index (χ0n) is 8.92. The molecule has 0 heterocycles. The van der Waals surface area contributed by atoms with Crippen molar-refractivity contribution in [2.75, 3.05) is 0 Å². The first kappa shape index (κ1) is 10.3. The molecule has 0 aliphatic heterocycles. The Bertz CT molecular complexity index is 374. The van der Waals surface area contributed by atoms with Crippen LogP contribution in [0.3, 0.4) is 0 Å². The van der Waals surface area contributed by atoms with Gasteiger partial charge in [0.1, 0.15) is 11.6 Å². The van der Waals surface area contributed by atoms with Crippen LogP contribution in [0.2, 0.25) is 0 Å². The molecular formula is C13H15FO. The summed E-state index contributed by atoms with van der Waals surface area (Å²) >= 11 is 0. The number of hydrogen-bond donors (Lipinski definition) is 0. The third-order valence-corrected chi connectivity index (χ3v) is 3.22. The van der Waals surface area contributed by atoms with E-state index < -0.39 is 0 Å². The summed E-state index contributed by atoms with van der Waals surface area (Å²) in [5.41, 5.74) is 2.22. The van der Waals surface area contributed by atoms with Crippen LogP contribution in [0.25, 0.3) is 0 Å². The molecule has 0 saturated heterocycles. The normalized spacial score (nSPS) is 18.1. The topological polar surface area (TPSA) is 17.1 Å². The highest BCUT2D eigenvalue weighted by Crippen LogP contribution is 2.33. The van der Waals surface area contributed by atoms with Gasteiger partial charge in [-0.1, -0.05) is 6.07 Å². The summed E-state index contributed by atoms with van der Waals surface area (Å²) in [6, 6.07) is 4.93. The fourth-order valence-corrected chi connectivity index (χ4v) is 2.30. The Hall–Kier alpha value is -1.18. The zero-order valence-corrected chi connectivity index (χ0v) is 8.92. The molecule has 2 heteroatoms. The van der Waals surface area contributed by atoms with Crippen LogP contribution in [0.5, 0.6) is 0 Å². The summed E-state index contributed by atoms with van der Waals surface area (Å²) in [6.07, 6.45) is 3.06. The fraction of sp³-hybridized carbons (Fsp3) is 0.462. The van der Waals surface area contributed by atoms with Gasteiger partial charge in [-0.05, 0) is 48.9 Å². The molecule has 0 amide bonds. The number of benzene rings is 1. The zero-order chi connectivity index (χ0) is 10.8. The second-order valence-corrected chi connectivity index (χ2v) is 4.31. The molecule has 1 aromatic rings. The molecule has 0 aromatic heterocycles. The van der Waals surface area contributed by atoms with Gasteiger partial charge in [0.05, 0.1) is 0 Å². The van der Waals surface area contributed by atoms with Gasteiger partial charge >= 0.3 is 0 Å². The Morgan fingerprint density at radius 2 is 1.93 bits per heavy atom. The van der Waals surface area contributed by atoms with Gasteiger partial charge in [-0.15, -0.1) is 0 Å². The maximum Gasteiger partial charge on any atom is 0.132 e. The first-order valence-electron chi connectivity index (χ1n) is 5.44. The van der Waals surface area contributed by atoms with E-state index >= 15 is 0 Å². The number of ketones is 1. The van der Waals surface area contributed by atoms with Gasteiger partial charge in [0, 0.05) is 12.8 Å². The van der Waals surface area contributed by atoms with Gasteiger partial charge in [0.15, 0.2) is 0 Å². The minimum absolute atomic E-state index is 0.174. The van der Waals surface area contributed by atoms with E-state index in [-0.39, 0.29) is 5.82 Å². The molecule has 0 bridgehead atoms. The van der Waals surface area contributed by atoms with Crippen molar-refractivity contribution in [3.63, 3.8) is 0 Å². The second-order valence-electron chi connectivity index (χ2n) is 4.31. The lowest BCUT2D eigenvalue weighted by atomic mass is 9.82. The minimum atomic E-state index is -0.174. The van der Waals surface area contributed by atoms with Crippen molar-refractivity contribution in [3.05, 3.63) is 35.1 Å². The number of aryl methyl sites for hydroxylation is 1. The van der Waals surface area contributed by atoms with E-state index in [1.54, 1.807) is 6.07 Å². The molecule has 0 atom stereocenters. The maximum atomic E-state index is 13.1. The van der Waals surface area contributed by atoms with E-state index in [1.807, 2.05) is 13.0 Å². The molecule has 2 rings (SSSR count). The molecule has 0 N–H and O–H groups in total. The summed E-state index contributed by atoms with van der Waals surface area (Å²) in [7, 11) is 0. The van der Waals surface area contributed by atoms with Crippen LogP contribution in [0.1, 0.15) is 42.7 Å². The van der Waals surface area contributed by atoms with Crippen LogP contribution in [-0.4, -0.2) is 5.78 Å². The van der Waals surface area contributed by atoms with Crippen molar-refractivity contribution in [2.45, 2.75) is 38.5 Å². The van der Waals surface area contributed by atoms with E-state index in [1.165, 1.54) is 6.07 Å². The third-order valence-electron chi connectivity index (χ3n) is 3.22. The molecule has 1 nitrogen and oxygen atoms in total. The van der Waals surface area contributed by atoms with Crippen LogP contribution < -0.4 is 0 Å². The van der Waals surface area contributed by atoms with Gasteiger partial charge in [-0.3, -0.25) is 4.79 Å². The van der Waals surface area contributed by atoms with Crippen molar-refractivity contribution in [1.29, 1.82) is 0 Å². The quantitative estimate of drug-likeness (QED) is 0.688. The maximum absolute atomic E-state index is 13.1. The highest BCUT2D eigenvalue weighted by atomic mass is 19.1. The Kier molecular flexibility index (Phi) is 2.85. The lowest BCUT2D eigenvalue weighted by Gasteiger charge is -2.22. The molecule has 0 spiro atoms. The lowest BCUT2D eigenvalue weighted by Crippen LogP contribution is -2.13. The highest BCUT2D eigenvalue weighted by molar-refractivity contribution is 5.79. The summed E-state index contributed by atoms with van der Waals surface area (Å²) in [5, 5.41) is 0. The molecule has 80 valence electrons. The second kappa shape index (κ2) is 4.13. The standard InChI is InChI=1S/C13H15FO/c1-9-2-5-11(14)8-13(9)10-3-6-12(15)7-4-10/h2,5,8,10H,3-4,6-7H2,1H3. The van der Waals surface area contributed by atoms with Gasteiger partial charge in [0.25, 0.3) is 0 Å². The Morgan fingerprint density at radius 1 is 1.27 bits per heavy atom. The lowest BCUT2D eigenvalue weighted by molar-refractivity contribution is -0.120. The summed E-state index contributed by atoms with van der Waals surface area (Å²) in [6.45, 7) is 2.01. The molecule has 1 aliphatic carbocycles. The number of carbonyl (C=O) groups excluding carboxylic acids is 1. The number of halogens is 1. The molecule has 15 heavy (non-hydrogen) atoms. The Balaban J connectivity index is 2.21. The highest BCUT2D eigenvalue weighted by Gasteiger charge is 2.21. The molecule has 1 fully saturated rings. The van der Waals surface area contributed by atoms with Gasteiger partial charge < -0.3 is 0 Å². The van der Waals surface area contributed by atoms with Crippen LogP contribution in [0.4, 0.5) is 4.39 Å². The Morgan fingerprint density at radius 3 is 2.60 bits per heavy atom. The van der Waals surface area contributed by atoms with Gasteiger partial charge in [-0.25, -0.2) is 4.39 Å². The van der Waals surface area contributed by atoms with E-state index in [0.717, 1.165) is 24.0 Å². The summed E-state index contributed by atoms with van der Waals surface area (Å²) in [4.78, 5) is 11.1. The van der Waals surface area contributed by atoms with E-state index in [0.29, 0.717) is 24.5 Å². The number of Topliss-reactive ketones (excluding diaryl/α,β-unsaturated/α-hetero) is 1. The predicted octanol–water partition coefficient (Wildman–Crippen LogP) is 3.36. The summed E-state index contributed by atoms with van der Waals surface area (Å²) in [5.74, 6) is 0.547. The molecule has 1 saturated carbocycles. The van der Waals surface area contributed by atoms with Crippen molar-refractivity contribution >= 4 is 5.78 Å². The van der Waals surface area contributed by atoms with Crippen LogP contribution in [0.15, 0.2) is 18.2 Å². The van der Waals surface area contributed by atoms with Crippen LogP contribution >= 0.6 is 0 Å². The van der Waals surface area contributed by atoms with Crippen LogP contribution in [-0.2, 0) is 4.79 Å². The predicted molar refractivity (Wildman–Crippen MR) is 57.4 cm³/mol. The first-order chi connectivity index (χ1) is 7.16. The Labute approximate surface area is 89.3 Å². The molecule has 0 radical (unpaired) electrons. The van der Waals surface area contributed by atoms with Crippen LogP contribution in [0, 0.1) is 12.7 Å². The average molecular weight is 206 g/mol. The monoisotopic (exact) mass is 206 g/mol. The molecule has 1 aliphatic rings. The van der Waals surface area contributed by atoms with E-state index in [2.05, 4.69) is 0 Å². The largest absolute Gasteiger partial charge is 0.300 e. The molecular weight excluding hydrogens is 191 g/mol. The van der Waals surface area contributed by atoms with E-state index in [9.17, 15) is 9.18 Å². The van der Waals surface area contributed by atoms with Crippen molar-refractivity contribution in [3.8, 4) is 0 Å². The number of carbonyl (C=O) groups is 1. The van der Waals surface area contributed by atoms with Crippen molar-refractivity contribution in [2.24, 2.45) is 0 Å².